The summed E-state index contributed by atoms with van der Waals surface area (Å²) < 4.78 is 0. The molecule has 0 saturated carbocycles. The summed E-state index contributed by atoms with van der Waals surface area (Å²) in [4.78, 5) is 0. The number of nitrogens with one attached hydrogen (secondary N) is 2. The Balaban J connectivity index is 2.03. The molecule has 0 saturated heterocycles. The predicted molar refractivity (Wildman–Crippen MR) is 112 cm³/mol. The van der Waals surface area contributed by atoms with E-state index in [4.69, 9.17) is 0 Å². The first-order chi connectivity index (χ1) is 11.7. The highest BCUT2D eigenvalue weighted by molar-refractivity contribution is 5.60. The fourth-order valence-electron chi connectivity index (χ4n) is 3.96. The molecule has 0 amide bonds. The van der Waals surface area contributed by atoms with Crippen LogP contribution in [-0.2, 0) is 0 Å². The van der Waals surface area contributed by atoms with Crippen molar-refractivity contribution in [1.82, 2.24) is 0 Å². The van der Waals surface area contributed by atoms with E-state index >= 15 is 0 Å². The lowest BCUT2D eigenvalue weighted by Crippen LogP contribution is -2.27. The number of rotatable bonds is 6. The van der Waals surface area contributed by atoms with Gasteiger partial charge in [0.05, 0.1) is 0 Å². The molecule has 0 radical (unpaired) electrons. The van der Waals surface area contributed by atoms with Gasteiger partial charge in [-0.2, -0.15) is 0 Å². The van der Waals surface area contributed by atoms with Crippen LogP contribution in [0.5, 0.6) is 0 Å². The van der Waals surface area contributed by atoms with Crippen molar-refractivity contribution in [2.45, 2.75) is 73.9 Å². The Morgan fingerprint density at radius 2 is 0.880 bits per heavy atom. The third kappa shape index (κ3) is 5.01. The maximum atomic E-state index is 3.72. The van der Waals surface area contributed by atoms with Crippen molar-refractivity contribution in [2.75, 3.05) is 10.6 Å². The van der Waals surface area contributed by atoms with Crippen molar-refractivity contribution < 1.29 is 0 Å². The molecule has 2 atom stereocenters. The van der Waals surface area contributed by atoms with Crippen molar-refractivity contribution in [2.24, 2.45) is 0 Å². The molecule has 0 aliphatic heterocycles. The van der Waals surface area contributed by atoms with Crippen molar-refractivity contribution in [3.8, 4) is 0 Å². The minimum Gasteiger partial charge on any atom is -0.382 e. The molecule has 0 heterocycles. The second kappa shape index (κ2) is 7.95. The van der Waals surface area contributed by atoms with E-state index in [9.17, 15) is 0 Å². The zero-order chi connectivity index (χ0) is 18.7. The molecule has 0 aliphatic carbocycles. The molecule has 0 spiro atoms. The summed E-state index contributed by atoms with van der Waals surface area (Å²) in [6, 6.07) is 9.83. The van der Waals surface area contributed by atoms with Gasteiger partial charge in [0.2, 0.25) is 0 Å². The van der Waals surface area contributed by atoms with Crippen LogP contribution in [0.25, 0.3) is 0 Å². The van der Waals surface area contributed by atoms with Crippen LogP contribution >= 0.6 is 0 Å². The Labute approximate surface area is 154 Å². The molecule has 0 fully saturated rings. The van der Waals surface area contributed by atoms with Gasteiger partial charge >= 0.3 is 0 Å². The average Bonchev–Trinajstić information content (AvgIpc) is 2.46. The standard InChI is InChI=1S/C23H34N2/c1-14-9-16(3)22(17(4)10-14)24-20(7)13-21(8)25-23-18(5)11-15(2)12-19(23)6/h9-12,20-21,24-25H,13H2,1-8H3. The van der Waals surface area contributed by atoms with E-state index in [2.05, 4.69) is 90.3 Å². The fraction of sp³-hybridized carbons (Fsp3) is 0.478. The van der Waals surface area contributed by atoms with E-state index in [-0.39, 0.29) is 0 Å². The van der Waals surface area contributed by atoms with Crippen LogP contribution in [0.15, 0.2) is 24.3 Å². The Kier molecular flexibility index (Phi) is 6.16. The first kappa shape index (κ1) is 19.4. The molecule has 2 N–H and O–H groups in total. The van der Waals surface area contributed by atoms with Gasteiger partial charge in [-0.15, -0.1) is 0 Å². The molecular weight excluding hydrogens is 304 g/mol. The highest BCUT2D eigenvalue weighted by atomic mass is 15.0. The molecule has 0 bridgehead atoms. The van der Waals surface area contributed by atoms with Gasteiger partial charge in [0.1, 0.15) is 0 Å². The summed E-state index contributed by atoms with van der Waals surface area (Å²) in [7, 11) is 0. The zero-order valence-electron chi connectivity index (χ0n) is 17.2. The van der Waals surface area contributed by atoms with E-state index in [1.54, 1.807) is 0 Å². The highest BCUT2D eigenvalue weighted by Crippen LogP contribution is 2.25. The normalized spacial score (nSPS) is 13.4. The maximum absolute atomic E-state index is 3.72. The second-order valence-electron chi connectivity index (χ2n) is 7.87. The van der Waals surface area contributed by atoms with Crippen LogP contribution in [0.3, 0.4) is 0 Å². The lowest BCUT2D eigenvalue weighted by molar-refractivity contribution is 0.632. The SMILES string of the molecule is Cc1cc(C)c(NC(C)CC(C)Nc2c(C)cc(C)cc2C)c(C)c1. The van der Waals surface area contributed by atoms with Crippen LogP contribution in [-0.4, -0.2) is 12.1 Å². The van der Waals surface area contributed by atoms with Crippen LogP contribution in [0.4, 0.5) is 11.4 Å². The highest BCUT2D eigenvalue weighted by Gasteiger charge is 2.13. The number of aryl methyl sites for hydroxylation is 6. The lowest BCUT2D eigenvalue weighted by atomic mass is 10.0. The van der Waals surface area contributed by atoms with E-state index < -0.39 is 0 Å². The molecule has 2 unspecified atom stereocenters. The van der Waals surface area contributed by atoms with Crippen molar-refractivity contribution in [3.63, 3.8) is 0 Å². The van der Waals surface area contributed by atoms with Gasteiger partial charge in [-0.3, -0.25) is 0 Å². The lowest BCUT2D eigenvalue weighted by Gasteiger charge is -2.25. The fourth-order valence-corrected chi connectivity index (χ4v) is 3.96. The second-order valence-corrected chi connectivity index (χ2v) is 7.87. The minimum absolute atomic E-state index is 0.411. The third-order valence-electron chi connectivity index (χ3n) is 4.84. The predicted octanol–water partition coefficient (Wildman–Crippen LogP) is 6.23. The molecule has 25 heavy (non-hydrogen) atoms. The number of anilines is 2. The summed E-state index contributed by atoms with van der Waals surface area (Å²) in [6.45, 7) is 17.6. The van der Waals surface area contributed by atoms with Crippen LogP contribution in [0.2, 0.25) is 0 Å². The van der Waals surface area contributed by atoms with Gasteiger partial charge in [0, 0.05) is 23.5 Å². The maximum Gasteiger partial charge on any atom is 0.0401 e. The molecule has 2 aromatic carbocycles. The monoisotopic (exact) mass is 338 g/mol. The van der Waals surface area contributed by atoms with E-state index in [0.29, 0.717) is 12.1 Å². The van der Waals surface area contributed by atoms with Gasteiger partial charge in [0.15, 0.2) is 0 Å². The Morgan fingerprint density at radius 3 is 1.16 bits per heavy atom. The van der Waals surface area contributed by atoms with Crippen molar-refractivity contribution in [1.29, 1.82) is 0 Å². The van der Waals surface area contributed by atoms with Crippen molar-refractivity contribution in [3.05, 3.63) is 57.6 Å². The van der Waals surface area contributed by atoms with Crippen molar-refractivity contribution >= 4 is 11.4 Å². The molecule has 0 aromatic heterocycles. The summed E-state index contributed by atoms with van der Waals surface area (Å²) in [6.07, 6.45) is 1.07. The summed E-state index contributed by atoms with van der Waals surface area (Å²) in [5, 5.41) is 7.44. The number of benzene rings is 2. The number of hydrogen-bond acceptors (Lipinski definition) is 2. The van der Waals surface area contributed by atoms with Gasteiger partial charge < -0.3 is 10.6 Å². The van der Waals surface area contributed by atoms with E-state index in [1.165, 1.54) is 44.8 Å². The molecule has 136 valence electrons. The van der Waals surface area contributed by atoms with Gasteiger partial charge in [-0.05, 0) is 84.1 Å². The van der Waals surface area contributed by atoms with E-state index in [0.717, 1.165) is 6.42 Å². The molecule has 2 aromatic rings. The summed E-state index contributed by atoms with van der Waals surface area (Å²) in [5.74, 6) is 0. The topological polar surface area (TPSA) is 24.1 Å². The van der Waals surface area contributed by atoms with Crippen LogP contribution < -0.4 is 10.6 Å². The smallest absolute Gasteiger partial charge is 0.0401 e. The van der Waals surface area contributed by atoms with Crippen LogP contribution in [0.1, 0.15) is 53.6 Å². The van der Waals surface area contributed by atoms with Crippen LogP contribution in [0, 0.1) is 41.5 Å². The molecule has 2 rings (SSSR count). The van der Waals surface area contributed by atoms with Gasteiger partial charge in [-0.25, -0.2) is 0 Å². The number of hydrogen-bond donors (Lipinski definition) is 2. The average molecular weight is 339 g/mol. The largest absolute Gasteiger partial charge is 0.382 e. The Morgan fingerprint density at radius 1 is 0.600 bits per heavy atom. The Bertz CT molecular complexity index is 636. The van der Waals surface area contributed by atoms with Gasteiger partial charge in [0.25, 0.3) is 0 Å². The zero-order valence-corrected chi connectivity index (χ0v) is 17.2. The summed E-state index contributed by atoms with van der Waals surface area (Å²) >= 11 is 0. The molecule has 2 heteroatoms. The molecule has 2 nitrogen and oxygen atoms in total. The first-order valence-electron chi connectivity index (χ1n) is 9.36. The molecular formula is C23H34N2. The quantitative estimate of drug-likeness (QED) is 0.652. The first-order valence-corrected chi connectivity index (χ1v) is 9.36. The molecule has 0 aliphatic rings. The van der Waals surface area contributed by atoms with Gasteiger partial charge in [-0.1, -0.05) is 35.4 Å². The Hall–Kier alpha value is -1.96. The minimum atomic E-state index is 0.411. The van der Waals surface area contributed by atoms with E-state index in [1.807, 2.05) is 0 Å². The third-order valence-corrected chi connectivity index (χ3v) is 4.84. The summed E-state index contributed by atoms with van der Waals surface area (Å²) in [5.41, 5.74) is 10.5.